The molecule has 0 aromatic heterocycles. The molecule has 1 fully saturated rings. The number of amides is 1. The minimum Gasteiger partial charge on any atom is -0.491 e. The van der Waals surface area contributed by atoms with Gasteiger partial charge in [0.1, 0.15) is 18.0 Å². The van der Waals surface area contributed by atoms with Gasteiger partial charge in [-0.3, -0.25) is 0 Å². The summed E-state index contributed by atoms with van der Waals surface area (Å²) < 4.78 is 12.1. The first kappa shape index (κ1) is 16.1. The molecule has 1 aliphatic carbocycles. The van der Waals surface area contributed by atoms with Gasteiger partial charge in [-0.15, -0.1) is 0 Å². The van der Waals surface area contributed by atoms with E-state index >= 15 is 0 Å². The Morgan fingerprint density at radius 2 is 2.00 bits per heavy atom. The van der Waals surface area contributed by atoms with Crippen molar-refractivity contribution in [2.75, 3.05) is 6.61 Å². The monoisotopic (exact) mass is 355 g/mol. The molecule has 0 bridgehead atoms. The number of carbonyl (C=O) groups is 1. The van der Waals surface area contributed by atoms with E-state index < -0.39 is 5.60 Å². The van der Waals surface area contributed by atoms with Crippen molar-refractivity contribution < 1.29 is 14.3 Å². The van der Waals surface area contributed by atoms with Crippen LogP contribution in [0.25, 0.3) is 0 Å². The predicted molar refractivity (Wildman–Crippen MR) is 85.7 cm³/mol. The fraction of sp³-hybridized carbons (Fsp3) is 0.562. The zero-order chi connectivity index (χ0) is 15.7. The molecule has 0 saturated heterocycles. The zero-order valence-corrected chi connectivity index (χ0v) is 14.5. The molecule has 1 aromatic carbocycles. The number of ether oxygens (including phenoxy) is 2. The first-order valence-corrected chi connectivity index (χ1v) is 7.88. The molecule has 1 amide bonds. The van der Waals surface area contributed by atoms with Crippen LogP contribution in [0.2, 0.25) is 0 Å². The molecule has 1 N–H and O–H groups in total. The quantitative estimate of drug-likeness (QED) is 0.880. The third kappa shape index (κ3) is 5.23. The molecule has 0 unspecified atom stereocenters. The molecule has 2 rings (SSSR count). The molecular weight excluding hydrogens is 334 g/mol. The van der Waals surface area contributed by atoms with Gasteiger partial charge < -0.3 is 14.8 Å². The summed E-state index contributed by atoms with van der Waals surface area (Å²) in [6.07, 6.45) is 1.45. The van der Waals surface area contributed by atoms with Crippen LogP contribution in [0.4, 0.5) is 4.79 Å². The number of nitrogens with one attached hydrogen (secondary N) is 1. The van der Waals surface area contributed by atoms with E-state index in [1.165, 1.54) is 0 Å². The second kappa shape index (κ2) is 5.87. The Morgan fingerprint density at radius 3 is 2.52 bits per heavy atom. The number of alkyl carbamates (subject to hydrolysis) is 1. The molecule has 0 spiro atoms. The van der Waals surface area contributed by atoms with Crippen LogP contribution in [0.5, 0.6) is 5.75 Å². The maximum absolute atomic E-state index is 11.8. The van der Waals surface area contributed by atoms with E-state index in [0.717, 1.165) is 28.6 Å². The SMILES string of the molecule is Cc1cc(Br)cc(OCC2(NC(=O)OC(C)(C)C)CC2)c1. The summed E-state index contributed by atoms with van der Waals surface area (Å²) in [4.78, 5) is 11.8. The fourth-order valence-electron chi connectivity index (χ4n) is 1.98. The van der Waals surface area contributed by atoms with Gasteiger partial charge in [-0.2, -0.15) is 0 Å². The number of halogens is 1. The molecule has 0 heterocycles. The van der Waals surface area contributed by atoms with Gasteiger partial charge >= 0.3 is 6.09 Å². The van der Waals surface area contributed by atoms with Crippen molar-refractivity contribution in [2.24, 2.45) is 0 Å². The molecule has 4 nitrogen and oxygen atoms in total. The number of benzene rings is 1. The largest absolute Gasteiger partial charge is 0.491 e. The van der Waals surface area contributed by atoms with Crippen LogP contribution in [-0.4, -0.2) is 23.8 Å². The van der Waals surface area contributed by atoms with Crippen molar-refractivity contribution in [3.8, 4) is 5.75 Å². The fourth-order valence-corrected chi connectivity index (χ4v) is 2.57. The second-order valence-electron chi connectivity index (χ2n) is 6.66. The summed E-state index contributed by atoms with van der Waals surface area (Å²) in [5, 5.41) is 2.93. The van der Waals surface area contributed by atoms with Gasteiger partial charge in [0.2, 0.25) is 0 Å². The van der Waals surface area contributed by atoms with Crippen LogP contribution in [0.3, 0.4) is 0 Å². The number of rotatable bonds is 4. The lowest BCUT2D eigenvalue weighted by atomic mass is 10.2. The molecule has 21 heavy (non-hydrogen) atoms. The Labute approximate surface area is 134 Å². The summed E-state index contributed by atoms with van der Waals surface area (Å²) in [7, 11) is 0. The number of hydrogen-bond donors (Lipinski definition) is 1. The molecule has 1 aliphatic rings. The lowest BCUT2D eigenvalue weighted by molar-refractivity contribution is 0.0477. The highest BCUT2D eigenvalue weighted by Crippen LogP contribution is 2.36. The summed E-state index contributed by atoms with van der Waals surface area (Å²) in [6, 6.07) is 5.93. The first-order chi connectivity index (χ1) is 9.67. The standard InChI is InChI=1S/C16H22BrNO3/c1-11-7-12(17)9-13(8-11)20-10-16(5-6-16)18-14(19)21-15(2,3)4/h7-9H,5-6,10H2,1-4H3,(H,18,19). The Hall–Kier alpha value is -1.23. The lowest BCUT2D eigenvalue weighted by Gasteiger charge is -2.23. The summed E-state index contributed by atoms with van der Waals surface area (Å²) in [5.74, 6) is 0.805. The van der Waals surface area contributed by atoms with Gasteiger partial charge in [0.15, 0.2) is 0 Å². The van der Waals surface area contributed by atoms with Gasteiger partial charge in [0, 0.05) is 4.47 Å². The first-order valence-electron chi connectivity index (χ1n) is 7.09. The van der Waals surface area contributed by atoms with Gasteiger partial charge in [-0.05, 0) is 64.3 Å². The highest BCUT2D eigenvalue weighted by atomic mass is 79.9. The van der Waals surface area contributed by atoms with Crippen molar-refractivity contribution in [1.82, 2.24) is 5.32 Å². The van der Waals surface area contributed by atoms with Crippen LogP contribution in [0.1, 0.15) is 39.2 Å². The van der Waals surface area contributed by atoms with Crippen molar-refractivity contribution in [3.05, 3.63) is 28.2 Å². The van der Waals surface area contributed by atoms with Crippen LogP contribution >= 0.6 is 15.9 Å². The maximum atomic E-state index is 11.8. The number of hydrogen-bond acceptors (Lipinski definition) is 3. The average Bonchev–Trinajstić information content (AvgIpc) is 3.03. The molecule has 0 aliphatic heterocycles. The van der Waals surface area contributed by atoms with Gasteiger partial charge in [-0.1, -0.05) is 15.9 Å². The van der Waals surface area contributed by atoms with E-state index in [9.17, 15) is 4.79 Å². The highest BCUT2D eigenvalue weighted by molar-refractivity contribution is 9.10. The van der Waals surface area contributed by atoms with Gasteiger partial charge in [0.25, 0.3) is 0 Å². The van der Waals surface area contributed by atoms with Crippen LogP contribution in [-0.2, 0) is 4.74 Å². The van der Waals surface area contributed by atoms with Crippen molar-refractivity contribution >= 4 is 22.0 Å². The van der Waals surface area contributed by atoms with E-state index in [1.54, 1.807) is 0 Å². The van der Waals surface area contributed by atoms with E-state index in [-0.39, 0.29) is 11.6 Å². The Morgan fingerprint density at radius 1 is 1.33 bits per heavy atom. The van der Waals surface area contributed by atoms with Crippen LogP contribution in [0, 0.1) is 6.92 Å². The summed E-state index contributed by atoms with van der Waals surface area (Å²) in [6.45, 7) is 8.04. The Kier molecular flexibility index (Phi) is 4.51. The molecule has 1 saturated carbocycles. The van der Waals surface area contributed by atoms with Gasteiger partial charge in [-0.25, -0.2) is 4.79 Å². The van der Waals surface area contributed by atoms with E-state index in [1.807, 2.05) is 45.9 Å². The number of aryl methyl sites for hydroxylation is 1. The molecule has 5 heteroatoms. The average molecular weight is 356 g/mol. The predicted octanol–water partition coefficient (Wildman–Crippen LogP) is 4.19. The molecule has 0 radical (unpaired) electrons. The lowest BCUT2D eigenvalue weighted by Crippen LogP contribution is -2.44. The third-order valence-corrected chi connectivity index (χ3v) is 3.61. The van der Waals surface area contributed by atoms with Crippen molar-refractivity contribution in [3.63, 3.8) is 0 Å². The van der Waals surface area contributed by atoms with Crippen LogP contribution in [0.15, 0.2) is 22.7 Å². The minimum atomic E-state index is -0.484. The second-order valence-corrected chi connectivity index (χ2v) is 7.58. The van der Waals surface area contributed by atoms with E-state index in [4.69, 9.17) is 9.47 Å². The van der Waals surface area contributed by atoms with Crippen molar-refractivity contribution in [2.45, 2.75) is 51.7 Å². The number of carbonyl (C=O) groups excluding carboxylic acids is 1. The zero-order valence-electron chi connectivity index (χ0n) is 13.0. The smallest absolute Gasteiger partial charge is 0.408 e. The Bertz CT molecular complexity index is 513. The topological polar surface area (TPSA) is 47.6 Å². The normalized spacial score (nSPS) is 16.2. The Balaban J connectivity index is 1.89. The maximum Gasteiger partial charge on any atom is 0.408 e. The molecule has 116 valence electrons. The summed E-state index contributed by atoms with van der Waals surface area (Å²) in [5.41, 5.74) is 0.366. The van der Waals surface area contributed by atoms with Crippen LogP contribution < -0.4 is 10.1 Å². The molecule has 1 aromatic rings. The van der Waals surface area contributed by atoms with E-state index in [2.05, 4.69) is 21.2 Å². The molecular formula is C16H22BrNO3. The van der Waals surface area contributed by atoms with Crippen molar-refractivity contribution in [1.29, 1.82) is 0 Å². The van der Waals surface area contributed by atoms with Gasteiger partial charge in [0.05, 0.1) is 5.54 Å². The minimum absolute atomic E-state index is 0.279. The third-order valence-electron chi connectivity index (χ3n) is 3.15. The highest BCUT2D eigenvalue weighted by Gasteiger charge is 2.46. The van der Waals surface area contributed by atoms with E-state index in [0.29, 0.717) is 6.61 Å². The molecule has 0 atom stereocenters. The summed E-state index contributed by atoms with van der Waals surface area (Å²) >= 11 is 3.45.